The molecule has 0 bridgehead atoms. The van der Waals surface area contributed by atoms with E-state index in [1.54, 1.807) is 0 Å². The van der Waals surface area contributed by atoms with Gasteiger partial charge in [0.1, 0.15) is 18.1 Å². The summed E-state index contributed by atoms with van der Waals surface area (Å²) in [5.41, 5.74) is 21.2. The van der Waals surface area contributed by atoms with Crippen molar-refractivity contribution in [3.05, 3.63) is 0 Å². The van der Waals surface area contributed by atoms with Crippen LogP contribution in [0, 0.1) is 0 Å². The maximum atomic E-state index is 13.0. The van der Waals surface area contributed by atoms with Gasteiger partial charge in [-0.2, -0.15) is 23.5 Å². The second-order valence-corrected chi connectivity index (χ2v) is 9.78. The highest BCUT2D eigenvalue weighted by atomic mass is 32.2. The predicted octanol–water partition coefficient (Wildman–Crippen LogP) is -2.71. The second kappa shape index (κ2) is 18.5. The number of hydrogen-bond acceptors (Lipinski definition) is 9. The maximum absolute atomic E-state index is 13.0. The van der Waals surface area contributed by atoms with Crippen molar-refractivity contribution < 1.29 is 29.1 Å². The first-order valence-corrected chi connectivity index (χ1v) is 13.9. The zero-order chi connectivity index (χ0) is 27.7. The van der Waals surface area contributed by atoms with Crippen LogP contribution in [0.25, 0.3) is 0 Å². The Morgan fingerprint density at radius 3 is 1.69 bits per heavy atom. The molecule has 36 heavy (non-hydrogen) atoms. The lowest BCUT2D eigenvalue weighted by molar-refractivity contribution is -0.142. The highest BCUT2D eigenvalue weighted by Gasteiger charge is 2.30. The van der Waals surface area contributed by atoms with E-state index >= 15 is 0 Å². The van der Waals surface area contributed by atoms with Crippen LogP contribution in [-0.4, -0.2) is 95.4 Å². The molecule has 4 unspecified atom stereocenters. The Balaban J connectivity index is 5.40. The third-order valence-corrected chi connectivity index (χ3v) is 6.09. The number of hydrogen-bond donors (Lipinski definition) is 8. The fraction of sp³-hybridized carbons (Fsp3) is 0.700. The molecule has 16 heteroatoms. The first kappa shape index (κ1) is 33.3. The molecule has 206 valence electrons. The Bertz CT molecular complexity index is 781. The van der Waals surface area contributed by atoms with E-state index in [0.29, 0.717) is 17.9 Å². The molecule has 4 atom stereocenters. The molecule has 0 radical (unpaired) electrons. The molecule has 0 saturated heterocycles. The lowest BCUT2D eigenvalue weighted by Crippen LogP contribution is -2.57. The molecule has 0 spiro atoms. The third kappa shape index (κ3) is 14.6. The molecule has 0 aliphatic heterocycles. The minimum Gasteiger partial charge on any atom is -0.480 e. The Hall–Kier alpha value is -2.72. The van der Waals surface area contributed by atoms with Crippen LogP contribution < -0.4 is 38.9 Å². The number of nitrogens with two attached hydrogens (primary N) is 4. The van der Waals surface area contributed by atoms with Crippen molar-refractivity contribution in [3.63, 3.8) is 0 Å². The van der Waals surface area contributed by atoms with Gasteiger partial charge in [0.05, 0.1) is 12.5 Å². The summed E-state index contributed by atoms with van der Waals surface area (Å²) < 4.78 is 0. The molecule has 0 fully saturated rings. The first-order chi connectivity index (χ1) is 16.9. The fourth-order valence-corrected chi connectivity index (χ4v) is 3.85. The number of carbonyl (C=O) groups is 5. The largest absolute Gasteiger partial charge is 0.480 e. The number of aliphatic carboxylic acids is 1. The smallest absolute Gasteiger partial charge is 0.326 e. The Morgan fingerprint density at radius 1 is 0.806 bits per heavy atom. The van der Waals surface area contributed by atoms with Crippen molar-refractivity contribution in [2.75, 3.05) is 30.6 Å². The summed E-state index contributed by atoms with van der Waals surface area (Å²) in [6.07, 6.45) is 4.11. The zero-order valence-corrected chi connectivity index (χ0v) is 22.2. The first-order valence-electron chi connectivity index (χ1n) is 11.1. The second-order valence-electron chi connectivity index (χ2n) is 7.81. The molecule has 0 saturated carbocycles. The van der Waals surface area contributed by atoms with Gasteiger partial charge in [0.2, 0.25) is 23.6 Å². The summed E-state index contributed by atoms with van der Waals surface area (Å²) in [7, 11) is 0. The predicted molar refractivity (Wildman–Crippen MR) is 141 cm³/mol. The summed E-state index contributed by atoms with van der Waals surface area (Å²) in [5, 5.41) is 17.0. The number of primary amides is 1. The van der Waals surface area contributed by atoms with Crippen LogP contribution in [0.2, 0.25) is 0 Å². The molecular formula is C20H38N8O6S2. The summed E-state index contributed by atoms with van der Waals surface area (Å²) in [6.45, 7) is 0.198. The monoisotopic (exact) mass is 550 g/mol. The number of rotatable bonds is 19. The summed E-state index contributed by atoms with van der Waals surface area (Å²) >= 11 is 2.89. The van der Waals surface area contributed by atoms with Gasteiger partial charge < -0.3 is 44.0 Å². The number of carboxylic acids is 1. The highest BCUT2D eigenvalue weighted by molar-refractivity contribution is 7.98. The van der Waals surface area contributed by atoms with Gasteiger partial charge in [-0.1, -0.05) is 0 Å². The van der Waals surface area contributed by atoms with E-state index in [4.69, 9.17) is 22.9 Å². The number of thioether (sulfide) groups is 2. The van der Waals surface area contributed by atoms with Gasteiger partial charge >= 0.3 is 5.97 Å². The SMILES string of the molecule is CSCCC(NC(=O)C(N)CC(N)=O)C(=O)NC(CCSC)C(=O)NC(CCCN=C(N)N)C(=O)O. The molecule has 0 aliphatic carbocycles. The number of aliphatic imine (C=N–C) groups is 1. The van der Waals surface area contributed by atoms with E-state index in [1.807, 2.05) is 12.5 Å². The molecule has 14 nitrogen and oxygen atoms in total. The van der Waals surface area contributed by atoms with E-state index in [0.717, 1.165) is 0 Å². The molecule has 0 aromatic carbocycles. The number of nitrogens with one attached hydrogen (secondary N) is 3. The van der Waals surface area contributed by atoms with Crippen LogP contribution in [0.4, 0.5) is 0 Å². The van der Waals surface area contributed by atoms with E-state index in [-0.39, 0.29) is 38.2 Å². The van der Waals surface area contributed by atoms with Gasteiger partial charge in [0.15, 0.2) is 5.96 Å². The minimum atomic E-state index is -1.24. The number of amides is 4. The number of nitrogens with zero attached hydrogens (tertiary/aromatic N) is 1. The van der Waals surface area contributed by atoms with Crippen molar-refractivity contribution >= 4 is 59.1 Å². The molecule has 4 amide bonds. The van der Waals surface area contributed by atoms with Crippen molar-refractivity contribution in [3.8, 4) is 0 Å². The van der Waals surface area contributed by atoms with Crippen molar-refractivity contribution in [1.82, 2.24) is 16.0 Å². The van der Waals surface area contributed by atoms with Gasteiger partial charge in [-0.3, -0.25) is 24.2 Å². The number of guanidine groups is 1. The van der Waals surface area contributed by atoms with Crippen LogP contribution in [-0.2, 0) is 24.0 Å². The van der Waals surface area contributed by atoms with Crippen LogP contribution in [0.15, 0.2) is 4.99 Å². The Morgan fingerprint density at radius 2 is 1.28 bits per heavy atom. The Kier molecular flexibility index (Phi) is 17.1. The van der Waals surface area contributed by atoms with Crippen LogP contribution >= 0.6 is 23.5 Å². The van der Waals surface area contributed by atoms with E-state index in [9.17, 15) is 29.1 Å². The molecule has 0 heterocycles. The Labute approximate surface area is 218 Å². The van der Waals surface area contributed by atoms with Gasteiger partial charge in [-0.15, -0.1) is 0 Å². The third-order valence-electron chi connectivity index (χ3n) is 4.81. The quantitative estimate of drug-likeness (QED) is 0.0465. The maximum Gasteiger partial charge on any atom is 0.326 e. The van der Waals surface area contributed by atoms with Gasteiger partial charge in [0.25, 0.3) is 0 Å². The molecule has 0 aromatic rings. The van der Waals surface area contributed by atoms with Gasteiger partial charge in [0, 0.05) is 6.54 Å². The molecular weight excluding hydrogens is 512 g/mol. The lowest BCUT2D eigenvalue weighted by Gasteiger charge is -2.25. The van der Waals surface area contributed by atoms with E-state index in [2.05, 4.69) is 20.9 Å². The van der Waals surface area contributed by atoms with Crippen molar-refractivity contribution in [2.24, 2.45) is 27.9 Å². The average molecular weight is 551 g/mol. The number of carbonyl (C=O) groups excluding carboxylic acids is 4. The summed E-state index contributed by atoms with van der Waals surface area (Å²) in [5.74, 6) is -3.14. The fourth-order valence-electron chi connectivity index (χ4n) is 2.90. The van der Waals surface area contributed by atoms with Gasteiger partial charge in [-0.25, -0.2) is 4.79 Å². The number of carboxylic acid groups (broad SMARTS) is 1. The van der Waals surface area contributed by atoms with Crippen LogP contribution in [0.5, 0.6) is 0 Å². The molecule has 0 rings (SSSR count). The normalized spacial score (nSPS) is 14.0. The molecule has 12 N–H and O–H groups in total. The molecule has 0 aliphatic rings. The van der Waals surface area contributed by atoms with E-state index in [1.165, 1.54) is 23.5 Å². The van der Waals surface area contributed by atoms with Crippen molar-refractivity contribution in [1.29, 1.82) is 0 Å². The standard InChI is InChI=1S/C20H38N8O6S2/c1-35-8-5-12(26-16(30)11(21)10-15(22)29)17(31)27-13(6-9-36-2)18(32)28-14(19(33)34)4-3-7-25-20(23)24/h11-14H,3-10,21H2,1-2H3,(H2,22,29)(H,26,30)(H,27,31)(H,28,32)(H,33,34)(H4,23,24,25). The highest BCUT2D eigenvalue weighted by Crippen LogP contribution is 2.07. The van der Waals surface area contributed by atoms with Crippen LogP contribution in [0.3, 0.4) is 0 Å². The summed E-state index contributed by atoms with van der Waals surface area (Å²) in [4.78, 5) is 64.7. The minimum absolute atomic E-state index is 0.0746. The average Bonchev–Trinajstić information content (AvgIpc) is 2.79. The van der Waals surface area contributed by atoms with E-state index < -0.39 is 53.8 Å². The zero-order valence-electron chi connectivity index (χ0n) is 20.5. The topological polar surface area (TPSA) is 258 Å². The molecule has 0 aromatic heterocycles. The van der Waals surface area contributed by atoms with Gasteiger partial charge in [-0.05, 0) is 49.7 Å². The lowest BCUT2D eigenvalue weighted by atomic mass is 10.1. The summed E-state index contributed by atoms with van der Waals surface area (Å²) in [6, 6.07) is -4.50. The van der Waals surface area contributed by atoms with Crippen LogP contribution in [0.1, 0.15) is 32.1 Å². The van der Waals surface area contributed by atoms with Crippen molar-refractivity contribution in [2.45, 2.75) is 56.3 Å².